The van der Waals surface area contributed by atoms with Crippen molar-refractivity contribution in [1.29, 1.82) is 0 Å². The second kappa shape index (κ2) is 18.1. The number of carbonyl (C=O) groups is 6. The maximum atomic E-state index is 13.7. The summed E-state index contributed by atoms with van der Waals surface area (Å²) < 4.78 is 0. The molecule has 0 bridgehead atoms. The fourth-order valence-electron chi connectivity index (χ4n) is 5.76. The highest BCUT2D eigenvalue weighted by Crippen LogP contribution is 2.22. The van der Waals surface area contributed by atoms with Crippen molar-refractivity contribution in [3.8, 4) is 0 Å². The Kier molecular flexibility index (Phi) is 15.0. The van der Waals surface area contributed by atoms with Gasteiger partial charge in [-0.1, -0.05) is 13.3 Å². The molecule has 2 aliphatic rings. The van der Waals surface area contributed by atoms with E-state index in [0.717, 1.165) is 0 Å². The summed E-state index contributed by atoms with van der Waals surface area (Å²) in [7, 11) is 0. The van der Waals surface area contributed by atoms with Gasteiger partial charge in [0, 0.05) is 33.1 Å². The Morgan fingerprint density at radius 2 is 1.42 bits per heavy atom. The van der Waals surface area contributed by atoms with Crippen molar-refractivity contribution in [3.63, 3.8) is 0 Å². The highest BCUT2D eigenvalue weighted by Gasteiger charge is 2.41. The van der Waals surface area contributed by atoms with Crippen LogP contribution in [0.2, 0.25) is 0 Å². The Labute approximate surface area is 264 Å². The van der Waals surface area contributed by atoms with Gasteiger partial charge in [-0.05, 0) is 58.8 Å². The lowest BCUT2D eigenvalue weighted by molar-refractivity contribution is -0.144. The quantitative estimate of drug-likeness (QED) is 0.0552. The summed E-state index contributed by atoms with van der Waals surface area (Å²) in [6.45, 7) is 7.51. The Bertz CT molecular complexity index is 1100. The first-order valence-corrected chi connectivity index (χ1v) is 15.8. The SMILES string of the molecule is CCC[C@H](NC(=O)[C@@H](NC(C)=O)[C@@H](C)O)C(=O)N1CCC[C@@H]1C(=O)N[C@@H](CCCN=C(N)N)C(=O)N1CCC[C@H]1C(=O)NCC. The molecule has 0 saturated carbocycles. The predicted octanol–water partition coefficient (Wildman–Crippen LogP) is -2.19. The first-order valence-electron chi connectivity index (χ1n) is 15.8. The van der Waals surface area contributed by atoms with E-state index in [0.29, 0.717) is 51.6 Å². The second-order valence-electron chi connectivity index (χ2n) is 11.6. The van der Waals surface area contributed by atoms with Gasteiger partial charge in [-0.2, -0.15) is 0 Å². The average Bonchev–Trinajstić information content (AvgIpc) is 3.67. The van der Waals surface area contributed by atoms with E-state index < -0.39 is 65.8 Å². The van der Waals surface area contributed by atoms with Crippen LogP contribution in [-0.4, -0.2) is 119 Å². The van der Waals surface area contributed by atoms with E-state index in [9.17, 15) is 33.9 Å². The van der Waals surface area contributed by atoms with Gasteiger partial charge in [-0.25, -0.2) is 0 Å². The third-order valence-electron chi connectivity index (χ3n) is 7.90. The lowest BCUT2D eigenvalue weighted by Gasteiger charge is -2.32. The first-order chi connectivity index (χ1) is 21.3. The number of aliphatic hydroxyl groups is 1. The molecule has 2 fully saturated rings. The van der Waals surface area contributed by atoms with Crippen LogP contribution in [0.1, 0.15) is 79.1 Å². The molecule has 0 unspecified atom stereocenters. The van der Waals surface area contributed by atoms with Crippen LogP contribution in [0.4, 0.5) is 0 Å². The van der Waals surface area contributed by atoms with E-state index in [1.165, 1.54) is 23.6 Å². The topological polar surface area (TPSA) is 242 Å². The zero-order valence-electron chi connectivity index (χ0n) is 26.8. The van der Waals surface area contributed by atoms with Crippen LogP contribution in [0.25, 0.3) is 0 Å². The molecule has 9 N–H and O–H groups in total. The summed E-state index contributed by atoms with van der Waals surface area (Å²) in [5.74, 6) is -2.95. The van der Waals surface area contributed by atoms with Gasteiger partial charge < -0.3 is 47.6 Å². The summed E-state index contributed by atoms with van der Waals surface area (Å²) in [4.78, 5) is 85.1. The molecule has 0 aliphatic carbocycles. The number of aliphatic hydroxyl groups excluding tert-OH is 1. The fraction of sp³-hybridized carbons (Fsp3) is 0.759. The minimum absolute atomic E-state index is 0.0940. The number of nitrogens with one attached hydrogen (secondary N) is 4. The molecule has 2 rings (SSSR count). The van der Waals surface area contributed by atoms with E-state index in [2.05, 4.69) is 26.3 Å². The van der Waals surface area contributed by atoms with Crippen molar-refractivity contribution in [2.45, 2.75) is 115 Å². The summed E-state index contributed by atoms with van der Waals surface area (Å²) in [6.07, 6.45) is 2.24. The highest BCUT2D eigenvalue weighted by atomic mass is 16.3. The molecule has 16 heteroatoms. The molecule has 2 heterocycles. The number of amides is 6. The standard InChI is InChI=1S/C29H51N9O7/c1-5-10-19(36-26(43)23(17(3)39)34-18(4)40)27(44)38-16-9-13-22(38)25(42)35-20(11-7-14-33-29(30)31)28(45)37-15-8-12-21(37)24(41)32-6-2/h17,19-23,39H,5-16H2,1-4H3,(H,32,41)(H,34,40)(H,35,42)(H,36,43)(H4,30,31,33)/t17-,19+,20+,21+,22-,23+/m1/s1. The van der Waals surface area contributed by atoms with Crippen LogP contribution >= 0.6 is 0 Å². The number of carbonyl (C=O) groups excluding carboxylic acids is 6. The van der Waals surface area contributed by atoms with Gasteiger partial charge in [-0.15, -0.1) is 0 Å². The lowest BCUT2D eigenvalue weighted by atomic mass is 10.1. The van der Waals surface area contributed by atoms with Crippen molar-refractivity contribution < 1.29 is 33.9 Å². The Balaban J connectivity index is 2.23. The van der Waals surface area contributed by atoms with E-state index in [1.807, 2.05) is 6.92 Å². The van der Waals surface area contributed by atoms with Crippen LogP contribution in [-0.2, 0) is 28.8 Å². The maximum Gasteiger partial charge on any atom is 0.245 e. The number of likely N-dealkylation sites (tertiary alicyclic amines) is 2. The van der Waals surface area contributed by atoms with E-state index >= 15 is 0 Å². The number of nitrogens with zero attached hydrogens (tertiary/aromatic N) is 3. The summed E-state index contributed by atoms with van der Waals surface area (Å²) >= 11 is 0. The third-order valence-corrected chi connectivity index (χ3v) is 7.90. The van der Waals surface area contributed by atoms with Crippen LogP contribution in [0.5, 0.6) is 0 Å². The zero-order chi connectivity index (χ0) is 33.7. The molecule has 2 saturated heterocycles. The number of hydrogen-bond donors (Lipinski definition) is 7. The Hall–Kier alpha value is -3.95. The number of nitrogens with two attached hydrogens (primary N) is 2. The summed E-state index contributed by atoms with van der Waals surface area (Å²) in [5, 5.41) is 20.6. The van der Waals surface area contributed by atoms with Gasteiger partial charge in [0.25, 0.3) is 0 Å². The van der Waals surface area contributed by atoms with Crippen LogP contribution in [0.3, 0.4) is 0 Å². The predicted molar refractivity (Wildman–Crippen MR) is 166 cm³/mol. The Morgan fingerprint density at radius 1 is 0.867 bits per heavy atom. The summed E-state index contributed by atoms with van der Waals surface area (Å²) in [6, 6.07) is -4.75. The van der Waals surface area contributed by atoms with E-state index in [4.69, 9.17) is 11.5 Å². The second-order valence-corrected chi connectivity index (χ2v) is 11.6. The number of guanidine groups is 1. The molecule has 0 aromatic heterocycles. The molecule has 2 aliphatic heterocycles. The van der Waals surface area contributed by atoms with Gasteiger partial charge in [0.15, 0.2) is 5.96 Å². The number of aliphatic imine (C=N–C) groups is 1. The molecule has 45 heavy (non-hydrogen) atoms. The third kappa shape index (κ3) is 10.9. The normalized spacial score (nSPS) is 20.4. The van der Waals surface area contributed by atoms with Crippen LogP contribution < -0.4 is 32.7 Å². The zero-order valence-corrected chi connectivity index (χ0v) is 26.8. The molecule has 0 aromatic rings. The van der Waals surface area contributed by atoms with Crippen molar-refractivity contribution in [1.82, 2.24) is 31.1 Å². The number of likely N-dealkylation sites (N-methyl/N-ethyl adjacent to an activating group) is 1. The molecule has 6 amide bonds. The first kappa shape index (κ1) is 37.2. The van der Waals surface area contributed by atoms with Crippen molar-refractivity contribution >= 4 is 41.4 Å². The maximum absolute atomic E-state index is 13.7. The highest BCUT2D eigenvalue weighted by molar-refractivity contribution is 5.97. The van der Waals surface area contributed by atoms with E-state index in [-0.39, 0.29) is 37.8 Å². The molecule has 16 nitrogen and oxygen atoms in total. The van der Waals surface area contributed by atoms with Gasteiger partial charge in [0.2, 0.25) is 35.4 Å². The molecular weight excluding hydrogens is 586 g/mol. The van der Waals surface area contributed by atoms with Crippen LogP contribution in [0.15, 0.2) is 4.99 Å². The molecule has 6 atom stereocenters. The minimum Gasteiger partial charge on any atom is -0.391 e. The summed E-state index contributed by atoms with van der Waals surface area (Å²) in [5.41, 5.74) is 10.9. The van der Waals surface area contributed by atoms with Crippen LogP contribution in [0, 0.1) is 0 Å². The smallest absolute Gasteiger partial charge is 0.245 e. The van der Waals surface area contributed by atoms with Gasteiger partial charge >= 0.3 is 0 Å². The molecular formula is C29H51N9O7. The lowest BCUT2D eigenvalue weighted by Crippen LogP contribution is -2.59. The number of rotatable bonds is 16. The largest absolute Gasteiger partial charge is 0.391 e. The van der Waals surface area contributed by atoms with Gasteiger partial charge in [0.05, 0.1) is 6.10 Å². The molecule has 0 spiro atoms. The molecule has 254 valence electrons. The minimum atomic E-state index is -1.26. The monoisotopic (exact) mass is 637 g/mol. The van der Waals surface area contributed by atoms with E-state index in [1.54, 1.807) is 6.92 Å². The van der Waals surface area contributed by atoms with Gasteiger partial charge in [0.1, 0.15) is 30.2 Å². The molecule has 0 radical (unpaired) electrons. The van der Waals surface area contributed by atoms with Crippen molar-refractivity contribution in [3.05, 3.63) is 0 Å². The number of hydrogen-bond acceptors (Lipinski definition) is 8. The average molecular weight is 638 g/mol. The van der Waals surface area contributed by atoms with Gasteiger partial charge in [-0.3, -0.25) is 33.8 Å². The fourth-order valence-corrected chi connectivity index (χ4v) is 5.76. The Morgan fingerprint density at radius 3 is 1.91 bits per heavy atom. The van der Waals surface area contributed by atoms with Crippen molar-refractivity contribution in [2.24, 2.45) is 16.5 Å². The van der Waals surface area contributed by atoms with Crippen molar-refractivity contribution in [2.75, 3.05) is 26.2 Å². The molecule has 0 aromatic carbocycles.